The summed E-state index contributed by atoms with van der Waals surface area (Å²) in [7, 11) is -2.77. The molecule has 0 amide bonds. The quantitative estimate of drug-likeness (QED) is 0.112. The Bertz CT molecular complexity index is 1470. The molecule has 2 fully saturated rings. The van der Waals surface area contributed by atoms with Crippen molar-refractivity contribution in [2.24, 2.45) is 0 Å². The number of rotatable bonds is 6. The maximum absolute atomic E-state index is 7.24. The van der Waals surface area contributed by atoms with Crippen molar-refractivity contribution in [3.05, 3.63) is 81.9 Å². The van der Waals surface area contributed by atoms with E-state index in [1.165, 1.54) is 10.4 Å². The Kier molecular flexibility index (Phi) is 7.38. The summed E-state index contributed by atoms with van der Waals surface area (Å²) < 4.78 is 29.4. The summed E-state index contributed by atoms with van der Waals surface area (Å²) >= 11 is 8.52. The second kappa shape index (κ2) is 10.4. The van der Waals surface area contributed by atoms with Crippen LogP contribution in [0, 0.1) is 3.83 Å². The van der Waals surface area contributed by atoms with Gasteiger partial charge in [-0.25, -0.2) is 9.97 Å². The van der Waals surface area contributed by atoms with Gasteiger partial charge in [-0.05, 0) is 35.3 Å². The molecule has 6 rings (SSSR count). The molecule has 0 saturated carbocycles. The fourth-order valence-corrected chi connectivity index (χ4v) is 11.6. The number of nitrogens with zero attached hydrogens (tertiary/aromatic N) is 3. The molecule has 40 heavy (non-hydrogen) atoms. The largest absolute Gasteiger partial charge is 0.405 e. The zero-order chi connectivity index (χ0) is 28.3. The van der Waals surface area contributed by atoms with Crippen LogP contribution in [0.25, 0.3) is 11.0 Å². The molecule has 0 unspecified atom stereocenters. The van der Waals surface area contributed by atoms with Gasteiger partial charge in [-0.3, -0.25) is 0 Å². The first kappa shape index (κ1) is 28.3. The summed E-state index contributed by atoms with van der Waals surface area (Å²) in [4.78, 5) is 8.97. The highest BCUT2D eigenvalue weighted by Crippen LogP contribution is 2.45. The van der Waals surface area contributed by atoms with Gasteiger partial charge in [-0.2, -0.15) is 0 Å². The Hall–Kier alpha value is -1.86. The Balaban J connectivity index is 1.38. The molecule has 0 N–H and O–H groups in total. The molecule has 2 aliphatic heterocycles. The highest BCUT2D eigenvalue weighted by molar-refractivity contribution is 14.1. The van der Waals surface area contributed by atoms with E-state index in [1.807, 2.05) is 30.7 Å². The minimum Gasteiger partial charge on any atom is -0.405 e. The molecule has 2 aliphatic rings. The Morgan fingerprint density at radius 1 is 0.950 bits per heavy atom. The maximum atomic E-state index is 7.24. The topological polar surface area (TPSA) is 67.6 Å². The molecular weight excluding hydrogens is 657 g/mol. The van der Waals surface area contributed by atoms with Gasteiger partial charge in [0.25, 0.3) is 8.32 Å². The van der Waals surface area contributed by atoms with Gasteiger partial charge in [0, 0.05) is 28.8 Å². The van der Waals surface area contributed by atoms with Crippen molar-refractivity contribution in [2.75, 3.05) is 6.61 Å². The first-order valence-electron chi connectivity index (χ1n) is 13.5. The first-order valence-corrected chi connectivity index (χ1v) is 16.8. The zero-order valence-electron chi connectivity index (χ0n) is 23.2. The van der Waals surface area contributed by atoms with Gasteiger partial charge < -0.3 is 23.2 Å². The van der Waals surface area contributed by atoms with Crippen molar-refractivity contribution in [3.8, 4) is 0 Å². The Morgan fingerprint density at radius 3 is 2.15 bits per heavy atom. The van der Waals surface area contributed by atoms with Gasteiger partial charge in [-0.1, -0.05) is 93.0 Å². The lowest BCUT2D eigenvalue weighted by molar-refractivity contribution is -0.199. The number of fused-ring (bicyclic) bond motifs is 2. The summed E-state index contributed by atoms with van der Waals surface area (Å²) in [5.74, 6) is -0.753. The van der Waals surface area contributed by atoms with Gasteiger partial charge in [-0.15, -0.1) is 0 Å². The predicted octanol–water partition coefficient (Wildman–Crippen LogP) is 5.68. The number of benzene rings is 2. The van der Waals surface area contributed by atoms with Gasteiger partial charge in [0.1, 0.15) is 29.1 Å². The van der Waals surface area contributed by atoms with E-state index in [0.29, 0.717) is 21.2 Å². The molecule has 210 valence electrons. The van der Waals surface area contributed by atoms with E-state index >= 15 is 0 Å². The third-order valence-electron chi connectivity index (χ3n) is 7.78. The van der Waals surface area contributed by atoms with E-state index in [2.05, 4.69) is 114 Å². The number of aromatic nitrogens is 3. The minimum atomic E-state index is -2.77. The van der Waals surface area contributed by atoms with E-state index in [0.717, 1.165) is 5.39 Å². The Morgan fingerprint density at radius 2 is 1.55 bits per heavy atom. The standard InChI is InChI=1S/C30H33ClIN3O4Si/c1-29(2,3)40(19-12-8-6-9-13-19,20-14-10-7-11-15-20)36-18-22-23-24(39-30(4,5)38-23)27(37-22)35-17-16-21-25(31)33-28(32)34-26(21)35/h6-17,22-24,27H,18H2,1-5H3/t22-,23-,24-,27-/m1/s1. The average Bonchev–Trinajstić information content (AvgIpc) is 3.56. The summed E-state index contributed by atoms with van der Waals surface area (Å²) in [6, 6.07) is 23.2. The molecule has 0 radical (unpaired) electrons. The van der Waals surface area contributed by atoms with Crippen molar-refractivity contribution in [2.45, 2.75) is 70.0 Å². The van der Waals surface area contributed by atoms with Gasteiger partial charge in [0.2, 0.25) is 0 Å². The lowest BCUT2D eigenvalue weighted by Crippen LogP contribution is -2.67. The highest BCUT2D eigenvalue weighted by Gasteiger charge is 2.58. The summed E-state index contributed by atoms with van der Waals surface area (Å²) in [5.41, 5.74) is 0.704. The molecule has 7 nitrogen and oxygen atoms in total. The van der Waals surface area contributed by atoms with Gasteiger partial charge >= 0.3 is 0 Å². The van der Waals surface area contributed by atoms with Crippen molar-refractivity contribution in [3.63, 3.8) is 0 Å². The van der Waals surface area contributed by atoms with Crippen molar-refractivity contribution in [1.82, 2.24) is 14.5 Å². The molecule has 0 aliphatic carbocycles. The number of hydrogen-bond donors (Lipinski definition) is 0. The monoisotopic (exact) mass is 689 g/mol. The highest BCUT2D eigenvalue weighted by atomic mass is 127. The molecule has 2 saturated heterocycles. The predicted molar refractivity (Wildman–Crippen MR) is 167 cm³/mol. The molecule has 0 bridgehead atoms. The van der Waals surface area contributed by atoms with Crippen LogP contribution >= 0.6 is 34.2 Å². The van der Waals surface area contributed by atoms with Crippen LogP contribution in [-0.4, -0.2) is 53.6 Å². The van der Waals surface area contributed by atoms with Crippen LogP contribution in [0.1, 0.15) is 40.8 Å². The number of ether oxygens (including phenoxy) is 3. The van der Waals surface area contributed by atoms with Crippen LogP contribution in [0.4, 0.5) is 0 Å². The molecule has 10 heteroatoms. The van der Waals surface area contributed by atoms with Gasteiger partial charge in [0.05, 0.1) is 12.0 Å². The summed E-state index contributed by atoms with van der Waals surface area (Å²) in [6.45, 7) is 11.1. The van der Waals surface area contributed by atoms with Crippen molar-refractivity contribution < 1.29 is 18.6 Å². The lowest BCUT2D eigenvalue weighted by atomic mass is 10.1. The number of hydrogen-bond acceptors (Lipinski definition) is 6. The smallest absolute Gasteiger partial charge is 0.261 e. The average molecular weight is 690 g/mol. The lowest BCUT2D eigenvalue weighted by Gasteiger charge is -2.43. The maximum Gasteiger partial charge on any atom is 0.261 e. The third-order valence-corrected chi connectivity index (χ3v) is 13.6. The first-order chi connectivity index (χ1) is 19.0. The van der Waals surface area contributed by atoms with Crippen LogP contribution in [0.15, 0.2) is 72.9 Å². The molecule has 4 atom stereocenters. The fourth-order valence-electron chi connectivity index (χ4n) is 6.16. The summed E-state index contributed by atoms with van der Waals surface area (Å²) in [5, 5.41) is 3.48. The summed E-state index contributed by atoms with van der Waals surface area (Å²) in [6.07, 6.45) is 0.464. The molecule has 4 aromatic rings. The molecule has 2 aromatic carbocycles. The van der Waals surface area contributed by atoms with E-state index in [4.69, 9.17) is 30.2 Å². The minimum absolute atomic E-state index is 0.152. The van der Waals surface area contributed by atoms with Crippen LogP contribution in [0.2, 0.25) is 10.2 Å². The van der Waals surface area contributed by atoms with E-state index < -0.39 is 20.3 Å². The molecule has 2 aromatic heterocycles. The van der Waals surface area contributed by atoms with E-state index in [9.17, 15) is 0 Å². The van der Waals surface area contributed by atoms with Crippen molar-refractivity contribution >= 4 is 63.9 Å². The van der Waals surface area contributed by atoms with E-state index in [1.54, 1.807) is 0 Å². The van der Waals surface area contributed by atoms with Crippen LogP contribution < -0.4 is 10.4 Å². The Labute approximate surface area is 254 Å². The molecule has 4 heterocycles. The second-order valence-corrected chi connectivity index (χ2v) is 17.5. The third kappa shape index (κ3) is 4.83. The normalized spacial score (nSPS) is 24.5. The van der Waals surface area contributed by atoms with Crippen molar-refractivity contribution in [1.29, 1.82) is 0 Å². The SMILES string of the molecule is CC1(C)O[C@@H]2[C@H](O1)[C@@H](CO[Si](c1ccccc1)(c1ccccc1)C(C)(C)C)O[C@H]2n1ccc2c(Cl)nc(I)nc21. The fraction of sp³-hybridized carbons (Fsp3) is 0.400. The second-order valence-electron chi connectivity index (χ2n) is 11.8. The molecular formula is C30H33ClIN3O4Si. The van der Waals surface area contributed by atoms with Crippen LogP contribution in [-0.2, 0) is 18.6 Å². The van der Waals surface area contributed by atoms with Gasteiger partial charge in [0.15, 0.2) is 15.8 Å². The van der Waals surface area contributed by atoms with Crippen LogP contribution in [0.5, 0.6) is 0 Å². The van der Waals surface area contributed by atoms with E-state index in [-0.39, 0.29) is 23.4 Å². The number of halogens is 2. The molecule has 0 spiro atoms. The zero-order valence-corrected chi connectivity index (χ0v) is 27.1. The van der Waals surface area contributed by atoms with Crippen LogP contribution in [0.3, 0.4) is 0 Å².